The van der Waals surface area contributed by atoms with Crippen molar-refractivity contribution >= 4 is 34.8 Å². The van der Waals surface area contributed by atoms with Gasteiger partial charge in [-0.15, -0.1) is 0 Å². The number of halogens is 3. The van der Waals surface area contributed by atoms with Crippen molar-refractivity contribution in [2.24, 2.45) is 0 Å². The SMILES string of the molecule is O=[N+]([O-])C[C@H](OCCCCO)C(Cl)(Cl)Cl. The van der Waals surface area contributed by atoms with Crippen LogP contribution < -0.4 is 0 Å². The van der Waals surface area contributed by atoms with E-state index in [0.29, 0.717) is 12.8 Å². The molecule has 0 amide bonds. The third-order valence-electron chi connectivity index (χ3n) is 1.55. The second kappa shape index (κ2) is 7.46. The van der Waals surface area contributed by atoms with E-state index in [0.717, 1.165) is 0 Å². The maximum absolute atomic E-state index is 10.3. The van der Waals surface area contributed by atoms with Gasteiger partial charge < -0.3 is 9.84 Å². The monoisotopic (exact) mass is 279 g/mol. The van der Waals surface area contributed by atoms with Crippen LogP contribution in [0, 0.1) is 10.1 Å². The Bertz CT molecular complexity index is 197. The largest absolute Gasteiger partial charge is 0.396 e. The second-order valence-corrected chi connectivity index (χ2v) is 5.22. The Morgan fingerprint density at radius 3 is 2.40 bits per heavy atom. The summed E-state index contributed by atoms with van der Waals surface area (Å²) >= 11 is 16.5. The highest BCUT2D eigenvalue weighted by atomic mass is 35.6. The highest BCUT2D eigenvalue weighted by Gasteiger charge is 2.37. The minimum atomic E-state index is -1.81. The maximum Gasteiger partial charge on any atom is 0.233 e. The number of alkyl halides is 3. The van der Waals surface area contributed by atoms with Crippen LogP contribution in [0.15, 0.2) is 0 Å². The number of aliphatic hydroxyl groups excluding tert-OH is 1. The Balaban J connectivity index is 3.97. The molecule has 0 fully saturated rings. The van der Waals surface area contributed by atoms with Gasteiger partial charge in [-0.05, 0) is 12.8 Å². The van der Waals surface area contributed by atoms with E-state index in [1.165, 1.54) is 0 Å². The zero-order chi connectivity index (χ0) is 11.9. The zero-order valence-electron chi connectivity index (χ0n) is 7.87. The Morgan fingerprint density at radius 2 is 2.00 bits per heavy atom. The summed E-state index contributed by atoms with van der Waals surface area (Å²) in [5, 5.41) is 18.7. The van der Waals surface area contributed by atoms with Crippen LogP contribution in [0.4, 0.5) is 0 Å². The summed E-state index contributed by atoms with van der Waals surface area (Å²) in [5.74, 6) is 0. The molecule has 15 heavy (non-hydrogen) atoms. The summed E-state index contributed by atoms with van der Waals surface area (Å²) in [6.07, 6.45) is 0.0347. The molecule has 90 valence electrons. The second-order valence-electron chi connectivity index (χ2n) is 2.85. The van der Waals surface area contributed by atoms with E-state index in [1.54, 1.807) is 0 Å². The van der Waals surface area contributed by atoms with E-state index < -0.39 is 21.4 Å². The number of unbranched alkanes of at least 4 members (excludes halogenated alkanes) is 1. The maximum atomic E-state index is 10.3. The van der Waals surface area contributed by atoms with Gasteiger partial charge in [0, 0.05) is 18.1 Å². The molecule has 0 unspecified atom stereocenters. The first kappa shape index (κ1) is 15.2. The van der Waals surface area contributed by atoms with Crippen LogP contribution in [0.3, 0.4) is 0 Å². The van der Waals surface area contributed by atoms with E-state index in [2.05, 4.69) is 0 Å². The van der Waals surface area contributed by atoms with Gasteiger partial charge in [0.25, 0.3) is 0 Å². The van der Waals surface area contributed by atoms with Crippen LogP contribution >= 0.6 is 34.8 Å². The molecule has 1 N–H and O–H groups in total. The average Bonchev–Trinajstić information content (AvgIpc) is 2.08. The number of rotatable bonds is 7. The van der Waals surface area contributed by atoms with Crippen LogP contribution in [0.25, 0.3) is 0 Å². The van der Waals surface area contributed by atoms with Crippen molar-refractivity contribution in [3.05, 3.63) is 10.1 Å². The molecular weight excluding hydrogens is 268 g/mol. The lowest BCUT2D eigenvalue weighted by atomic mass is 10.3. The first-order chi connectivity index (χ1) is 6.88. The molecule has 1 atom stereocenters. The topological polar surface area (TPSA) is 72.6 Å². The van der Waals surface area contributed by atoms with Gasteiger partial charge in [0.15, 0.2) is 6.10 Å². The molecule has 0 aliphatic heterocycles. The van der Waals surface area contributed by atoms with Crippen molar-refractivity contribution in [1.82, 2.24) is 0 Å². The summed E-state index contributed by atoms with van der Waals surface area (Å²) in [6, 6.07) is 0. The zero-order valence-corrected chi connectivity index (χ0v) is 10.1. The Kier molecular flexibility index (Phi) is 7.56. The molecule has 0 saturated heterocycles. The van der Waals surface area contributed by atoms with Crippen molar-refractivity contribution in [3.8, 4) is 0 Å². The summed E-state index contributed by atoms with van der Waals surface area (Å²) in [5.41, 5.74) is 0. The van der Waals surface area contributed by atoms with E-state index in [4.69, 9.17) is 44.6 Å². The molecular formula is C7H12Cl3NO4. The van der Waals surface area contributed by atoms with Gasteiger partial charge in [-0.25, -0.2) is 0 Å². The fourth-order valence-corrected chi connectivity index (χ4v) is 1.22. The van der Waals surface area contributed by atoms with Gasteiger partial charge in [-0.1, -0.05) is 34.8 Å². The summed E-state index contributed by atoms with van der Waals surface area (Å²) < 4.78 is 3.26. The Labute approximate surface area is 102 Å². The lowest BCUT2D eigenvalue weighted by molar-refractivity contribution is -0.491. The van der Waals surface area contributed by atoms with E-state index in [-0.39, 0.29) is 13.2 Å². The van der Waals surface area contributed by atoms with Gasteiger partial charge >= 0.3 is 0 Å². The Hall–Kier alpha value is 0.190. The smallest absolute Gasteiger partial charge is 0.233 e. The molecule has 0 aromatic rings. The number of nitro groups is 1. The quantitative estimate of drug-likeness (QED) is 0.334. The molecule has 0 aromatic heterocycles. The summed E-state index contributed by atoms with van der Waals surface area (Å²) in [6.45, 7) is -0.306. The number of ether oxygens (including phenoxy) is 1. The van der Waals surface area contributed by atoms with Crippen LogP contribution in [-0.2, 0) is 4.74 Å². The normalized spacial score (nSPS) is 13.9. The molecule has 0 rings (SSSR count). The predicted octanol–water partition coefficient (Wildman–Crippen LogP) is 1.79. The molecule has 0 radical (unpaired) electrons. The lowest BCUT2D eigenvalue weighted by Gasteiger charge is -2.20. The third kappa shape index (κ3) is 8.04. The number of aliphatic hydroxyl groups is 1. The van der Waals surface area contributed by atoms with Gasteiger partial charge in [0.1, 0.15) is 0 Å². The highest BCUT2D eigenvalue weighted by molar-refractivity contribution is 6.68. The highest BCUT2D eigenvalue weighted by Crippen LogP contribution is 2.32. The van der Waals surface area contributed by atoms with Gasteiger partial charge in [0.2, 0.25) is 10.3 Å². The number of nitrogens with zero attached hydrogens (tertiary/aromatic N) is 1. The minimum Gasteiger partial charge on any atom is -0.396 e. The fourth-order valence-electron chi connectivity index (χ4n) is 0.826. The first-order valence-corrected chi connectivity index (χ1v) is 5.42. The summed E-state index contributed by atoms with van der Waals surface area (Å²) in [7, 11) is 0. The fraction of sp³-hybridized carbons (Fsp3) is 1.00. The van der Waals surface area contributed by atoms with Crippen LogP contribution in [-0.4, -0.2) is 39.7 Å². The molecule has 0 aromatic carbocycles. The third-order valence-corrected chi connectivity index (χ3v) is 2.28. The van der Waals surface area contributed by atoms with Crippen LogP contribution in [0.5, 0.6) is 0 Å². The Morgan fingerprint density at radius 1 is 1.40 bits per heavy atom. The summed E-state index contributed by atoms with van der Waals surface area (Å²) in [4.78, 5) is 9.66. The van der Waals surface area contributed by atoms with Crippen molar-refractivity contribution in [1.29, 1.82) is 0 Å². The van der Waals surface area contributed by atoms with Crippen molar-refractivity contribution in [3.63, 3.8) is 0 Å². The van der Waals surface area contributed by atoms with Gasteiger partial charge in [-0.3, -0.25) is 10.1 Å². The van der Waals surface area contributed by atoms with Crippen molar-refractivity contribution < 1.29 is 14.8 Å². The molecule has 0 spiro atoms. The molecule has 0 heterocycles. The van der Waals surface area contributed by atoms with Crippen molar-refractivity contribution in [2.45, 2.75) is 22.7 Å². The van der Waals surface area contributed by atoms with E-state index >= 15 is 0 Å². The number of hydrogen-bond acceptors (Lipinski definition) is 4. The van der Waals surface area contributed by atoms with Crippen LogP contribution in [0.2, 0.25) is 0 Å². The molecule has 0 bridgehead atoms. The predicted molar refractivity (Wildman–Crippen MR) is 58.2 cm³/mol. The standard InChI is InChI=1S/C7H12Cl3NO4/c8-7(9,10)6(5-11(13)14)15-4-2-1-3-12/h6,12H,1-5H2/t6-/m0/s1. The first-order valence-electron chi connectivity index (χ1n) is 4.29. The molecule has 0 aliphatic carbocycles. The van der Waals surface area contributed by atoms with Gasteiger partial charge in [0.05, 0.1) is 0 Å². The molecule has 0 saturated carbocycles. The van der Waals surface area contributed by atoms with E-state index in [1.807, 2.05) is 0 Å². The average molecular weight is 281 g/mol. The number of hydrogen-bond donors (Lipinski definition) is 1. The molecule has 0 aliphatic rings. The lowest BCUT2D eigenvalue weighted by Crippen LogP contribution is -2.35. The molecule has 5 nitrogen and oxygen atoms in total. The van der Waals surface area contributed by atoms with Crippen LogP contribution in [0.1, 0.15) is 12.8 Å². The van der Waals surface area contributed by atoms with Crippen molar-refractivity contribution in [2.75, 3.05) is 19.8 Å². The van der Waals surface area contributed by atoms with E-state index in [9.17, 15) is 10.1 Å². The van der Waals surface area contributed by atoms with Gasteiger partial charge in [-0.2, -0.15) is 0 Å². The minimum absolute atomic E-state index is 0.0387. The molecule has 8 heteroatoms.